The molecule has 0 unspecified atom stereocenters. The molecule has 21 nitrogen and oxygen atoms in total. The van der Waals surface area contributed by atoms with Gasteiger partial charge in [-0.25, -0.2) is 9.97 Å². The summed E-state index contributed by atoms with van der Waals surface area (Å²) < 4.78 is 13.9. The van der Waals surface area contributed by atoms with E-state index < -0.39 is 5.97 Å². The number of unbranched alkanes of at least 4 members (excludes halogenated alkanes) is 8. The Morgan fingerprint density at radius 3 is 2.14 bits per heavy atom. The van der Waals surface area contributed by atoms with Crippen LogP contribution in [0.1, 0.15) is 169 Å². The molecule has 1 aromatic carbocycles. The zero-order valence-corrected chi connectivity index (χ0v) is 51.4. The second-order valence-corrected chi connectivity index (χ2v) is 24.0. The summed E-state index contributed by atoms with van der Waals surface area (Å²) in [5.41, 5.74) is 15.1. The summed E-state index contributed by atoms with van der Waals surface area (Å²) in [5, 5.41) is 27.0. The third-order valence-corrected chi connectivity index (χ3v) is 16.3. The minimum atomic E-state index is -0.783. The number of aliphatic carboxylic acids is 1. The number of carbonyl (C=O) groups is 5. The van der Waals surface area contributed by atoms with Crippen LogP contribution < -0.4 is 46.7 Å². The number of amides is 4. The van der Waals surface area contributed by atoms with Crippen LogP contribution in [-0.4, -0.2) is 150 Å². The monoisotopic (exact) mass is 1180 g/mol. The molecule has 6 rings (SSSR count). The average molecular weight is 1180 g/mol. The molecule has 4 amide bonds. The lowest BCUT2D eigenvalue weighted by Gasteiger charge is -2.36. The summed E-state index contributed by atoms with van der Waals surface area (Å²) in [6.07, 6.45) is 21.0. The number of rotatable bonds is 42. The average Bonchev–Trinajstić information content (AvgIpc) is 4.36. The van der Waals surface area contributed by atoms with Crippen LogP contribution >= 0.6 is 0 Å². The lowest BCUT2D eigenvalue weighted by atomic mass is 9.86. The van der Waals surface area contributed by atoms with Crippen molar-refractivity contribution in [2.24, 2.45) is 28.7 Å². The van der Waals surface area contributed by atoms with Gasteiger partial charge in [-0.05, 0) is 124 Å². The first-order chi connectivity index (χ1) is 41.1. The fraction of sp³-hybridized carbons (Fsp3) is 0.641. The van der Waals surface area contributed by atoms with E-state index in [2.05, 4.69) is 56.2 Å². The van der Waals surface area contributed by atoms with Crippen LogP contribution in [0.2, 0.25) is 0 Å². The van der Waals surface area contributed by atoms with Crippen LogP contribution in [0.15, 0.2) is 60.9 Å². The number of aromatic nitrogens is 5. The molecule has 0 bridgehead atoms. The molecule has 1 aliphatic heterocycles. The number of nitrogens with zero attached hydrogens (tertiary/aromatic N) is 8. The molecule has 21 heteroatoms. The molecule has 3 aromatic heterocycles. The Morgan fingerprint density at radius 1 is 0.788 bits per heavy atom. The molecule has 4 heterocycles. The number of methoxy groups -OCH3 is 1. The number of ether oxygens (including phenoxy) is 2. The van der Waals surface area contributed by atoms with Crippen LogP contribution in [0.3, 0.4) is 0 Å². The molecule has 1 saturated carbocycles. The number of aryl methyl sites for hydroxylation is 3. The van der Waals surface area contributed by atoms with E-state index in [4.69, 9.17) is 25.9 Å². The molecular weight excluding hydrogens is 1080 g/mol. The first-order valence-electron chi connectivity index (χ1n) is 31.4. The number of carboxylic acids is 1. The zero-order chi connectivity index (χ0) is 60.8. The van der Waals surface area contributed by atoms with E-state index >= 15 is 4.79 Å². The number of piperidine rings is 1. The van der Waals surface area contributed by atoms with Crippen LogP contribution in [0.25, 0.3) is 0 Å². The molecule has 1 aliphatic carbocycles. The van der Waals surface area contributed by atoms with Crippen molar-refractivity contribution in [3.05, 3.63) is 83.4 Å². The van der Waals surface area contributed by atoms with Gasteiger partial charge in [0.05, 0.1) is 37.1 Å². The second kappa shape index (κ2) is 36.3. The Labute approximate surface area is 504 Å². The van der Waals surface area contributed by atoms with Gasteiger partial charge < -0.3 is 51.8 Å². The minimum Gasteiger partial charge on any atom is -0.497 e. The summed E-state index contributed by atoms with van der Waals surface area (Å²) in [6, 6.07) is 15.4. The third kappa shape index (κ3) is 24.7. The minimum absolute atomic E-state index is 0.0174. The maximum atomic E-state index is 15.0. The number of hydrogen-bond acceptors (Lipinski definition) is 15. The van der Waals surface area contributed by atoms with Crippen molar-refractivity contribution in [2.45, 2.75) is 162 Å². The molecule has 2 fully saturated rings. The largest absolute Gasteiger partial charge is 0.497 e. The molecule has 0 spiro atoms. The highest BCUT2D eigenvalue weighted by Gasteiger charge is 2.35. The molecule has 1 atom stereocenters. The molecule has 85 heavy (non-hydrogen) atoms. The fourth-order valence-electron chi connectivity index (χ4n) is 11.2. The SMILES string of the molecule is COc1ccc(C(=O)N(CC(C)(C)CCCCCCn2cc(CCCCCCCCC(=O)NCCN(CCC(=O)NCCN)CCC(=O)NCCN)nn2)c2cccc(C)n2)c(N2CCC(COc3cc([C@@H](CC(=O)O)C4CC4)ccn3)CC2)c1. The Kier molecular flexibility index (Phi) is 28.8. The Morgan fingerprint density at radius 2 is 1.46 bits per heavy atom. The molecular formula is C64H99N13O8. The van der Waals surface area contributed by atoms with E-state index in [0.29, 0.717) is 120 Å². The highest BCUT2D eigenvalue weighted by Crippen LogP contribution is 2.45. The van der Waals surface area contributed by atoms with Gasteiger partial charge in [0.15, 0.2) is 0 Å². The third-order valence-electron chi connectivity index (χ3n) is 16.3. The molecule has 0 radical (unpaired) electrons. The Balaban J connectivity index is 0.870. The number of anilines is 2. The van der Waals surface area contributed by atoms with Gasteiger partial charge in [-0.3, -0.25) is 33.6 Å². The van der Waals surface area contributed by atoms with Gasteiger partial charge in [-0.1, -0.05) is 70.1 Å². The van der Waals surface area contributed by atoms with Gasteiger partial charge >= 0.3 is 5.97 Å². The van der Waals surface area contributed by atoms with Gasteiger partial charge in [0, 0.05) is 128 Å². The van der Waals surface area contributed by atoms with Crippen molar-refractivity contribution >= 4 is 41.1 Å². The predicted molar refractivity (Wildman–Crippen MR) is 332 cm³/mol. The number of nitrogens with one attached hydrogen (secondary N) is 3. The van der Waals surface area contributed by atoms with Crippen molar-refractivity contribution in [1.29, 1.82) is 0 Å². The number of nitrogens with two attached hydrogens (primary N) is 2. The normalized spacial score (nSPS) is 14.0. The van der Waals surface area contributed by atoms with E-state index in [0.717, 1.165) is 145 Å². The maximum absolute atomic E-state index is 15.0. The number of benzene rings is 1. The highest BCUT2D eigenvalue weighted by atomic mass is 16.5. The molecule has 2 aliphatic rings. The standard InChI is InChI=1S/C64H99N13O8/c1-48-16-15-18-57(71-48)77(63(83)54-23-22-53(84-4)43-56(54)75-39-25-49(26-40-75)46-85-61-42-51(24-32-70-61)55(44-62(81)82)50-20-21-50)47-64(2,3)29-13-9-10-14-36-76-45-52(72-73-76)17-11-7-5-6-8-12-19-58(78)69-35-41-74(37-27-59(79)67-33-30-65)38-28-60(80)68-34-31-66/h15-16,18,22-24,32,42-43,45,49-50,55H,5-14,17,19-21,25-31,33-41,44,46-47,65-66H2,1-4H3,(H,67,79)(H,68,80)(H,69,78)(H,81,82)/t55-/m0/s1. The topological polar surface area (TPSA) is 278 Å². The second-order valence-electron chi connectivity index (χ2n) is 24.0. The number of carbonyl (C=O) groups excluding carboxylic acids is 4. The number of pyridine rings is 2. The number of hydrogen-bond donors (Lipinski definition) is 6. The van der Waals surface area contributed by atoms with Gasteiger partial charge in [0.2, 0.25) is 23.6 Å². The van der Waals surface area contributed by atoms with E-state index in [1.54, 1.807) is 13.3 Å². The first-order valence-corrected chi connectivity index (χ1v) is 31.4. The molecule has 8 N–H and O–H groups in total. The van der Waals surface area contributed by atoms with E-state index in [9.17, 15) is 24.3 Å². The molecule has 468 valence electrons. The summed E-state index contributed by atoms with van der Waals surface area (Å²) >= 11 is 0. The highest BCUT2D eigenvalue weighted by molar-refractivity contribution is 6.09. The van der Waals surface area contributed by atoms with Crippen molar-refractivity contribution in [3.63, 3.8) is 0 Å². The van der Waals surface area contributed by atoms with Crippen molar-refractivity contribution in [1.82, 2.24) is 45.8 Å². The lowest BCUT2D eigenvalue weighted by Crippen LogP contribution is -2.41. The quantitative estimate of drug-likeness (QED) is 0.0233. The molecule has 1 saturated heterocycles. The zero-order valence-electron chi connectivity index (χ0n) is 51.4. The summed E-state index contributed by atoms with van der Waals surface area (Å²) in [7, 11) is 1.65. The molecule has 4 aromatic rings. The summed E-state index contributed by atoms with van der Waals surface area (Å²) in [5.74, 6) is 1.51. The van der Waals surface area contributed by atoms with E-state index in [1.807, 2.05) is 69.9 Å². The van der Waals surface area contributed by atoms with Crippen LogP contribution in [-0.2, 0) is 32.1 Å². The van der Waals surface area contributed by atoms with Gasteiger partial charge in [-0.15, -0.1) is 5.10 Å². The van der Waals surface area contributed by atoms with Crippen LogP contribution in [0.5, 0.6) is 11.6 Å². The van der Waals surface area contributed by atoms with Crippen molar-refractivity contribution in [2.75, 3.05) is 95.5 Å². The Bertz CT molecular complexity index is 2650. The summed E-state index contributed by atoms with van der Waals surface area (Å²) in [6.45, 7) is 13.3. The van der Waals surface area contributed by atoms with Crippen LogP contribution in [0, 0.1) is 24.2 Å². The first kappa shape index (κ1) is 67.4. The van der Waals surface area contributed by atoms with E-state index in [-0.39, 0.29) is 41.4 Å². The van der Waals surface area contributed by atoms with E-state index in [1.165, 1.54) is 0 Å². The smallest absolute Gasteiger partial charge is 0.303 e. The lowest BCUT2D eigenvalue weighted by molar-refractivity contribution is -0.137. The predicted octanol–water partition coefficient (Wildman–Crippen LogP) is 7.59. The van der Waals surface area contributed by atoms with Gasteiger partial charge in [0.25, 0.3) is 5.91 Å². The maximum Gasteiger partial charge on any atom is 0.303 e. The van der Waals surface area contributed by atoms with Gasteiger partial charge in [-0.2, -0.15) is 0 Å². The Hall–Kier alpha value is -6.71. The number of carboxylic acid groups (broad SMARTS) is 1. The van der Waals surface area contributed by atoms with Crippen molar-refractivity contribution in [3.8, 4) is 11.6 Å². The van der Waals surface area contributed by atoms with Crippen molar-refractivity contribution < 1.29 is 38.6 Å². The fourth-order valence-corrected chi connectivity index (χ4v) is 11.2. The summed E-state index contributed by atoms with van der Waals surface area (Å²) in [4.78, 5) is 79.0. The van der Waals surface area contributed by atoms with Gasteiger partial charge in [0.1, 0.15) is 11.6 Å². The van der Waals surface area contributed by atoms with Crippen LogP contribution in [0.4, 0.5) is 11.5 Å².